The lowest BCUT2D eigenvalue weighted by Crippen LogP contribution is -2.73. The van der Waals surface area contributed by atoms with Crippen LogP contribution in [0.2, 0.25) is 0 Å². The fourth-order valence-electron chi connectivity index (χ4n) is 3.30. The molecular formula is C24H30N5+. The molecule has 0 bridgehead atoms. The summed E-state index contributed by atoms with van der Waals surface area (Å²) in [5.74, 6) is 0. The average Bonchev–Trinajstić information content (AvgIpc) is 2.74. The van der Waals surface area contributed by atoms with Crippen LogP contribution in [0.1, 0.15) is 6.92 Å². The summed E-state index contributed by atoms with van der Waals surface area (Å²) in [7, 11) is 6.15. The van der Waals surface area contributed by atoms with Crippen LogP contribution in [0.5, 0.6) is 0 Å². The molecule has 0 spiro atoms. The number of para-hydroxylation sites is 3. The van der Waals surface area contributed by atoms with Gasteiger partial charge in [-0.2, -0.15) is 5.10 Å². The van der Waals surface area contributed by atoms with Crippen molar-refractivity contribution < 1.29 is 5.32 Å². The molecule has 29 heavy (non-hydrogen) atoms. The van der Waals surface area contributed by atoms with Crippen molar-refractivity contribution >= 4 is 34.1 Å². The first-order valence-corrected chi connectivity index (χ1v) is 9.86. The lowest BCUT2D eigenvalue weighted by molar-refractivity contribution is -0.538. The van der Waals surface area contributed by atoms with Crippen LogP contribution in [-0.2, 0) is 0 Å². The van der Waals surface area contributed by atoms with E-state index in [1.807, 2.05) is 30.3 Å². The van der Waals surface area contributed by atoms with E-state index >= 15 is 0 Å². The second kappa shape index (κ2) is 9.75. The van der Waals surface area contributed by atoms with Crippen LogP contribution in [0.25, 0.3) is 0 Å². The van der Waals surface area contributed by atoms with E-state index in [9.17, 15) is 0 Å². The molecule has 3 aromatic carbocycles. The lowest BCUT2D eigenvalue weighted by Gasteiger charge is -2.22. The third kappa shape index (κ3) is 5.59. The maximum Gasteiger partial charge on any atom is 0.152 e. The Morgan fingerprint density at radius 1 is 0.862 bits per heavy atom. The number of rotatable bonds is 8. The van der Waals surface area contributed by atoms with Crippen LogP contribution < -0.4 is 20.5 Å². The SMILES string of the molecule is C[NH2+]c1ccccc1N(C)C/C(C)=N/N(C)c1ccc(Nc2ccccc2)cc1. The molecule has 5 nitrogen and oxygen atoms in total. The number of hydrazone groups is 1. The molecule has 3 rings (SSSR count). The Morgan fingerprint density at radius 2 is 1.48 bits per heavy atom. The van der Waals surface area contributed by atoms with Crippen LogP contribution in [0, 0.1) is 0 Å². The van der Waals surface area contributed by atoms with Crippen molar-refractivity contribution in [1.29, 1.82) is 0 Å². The van der Waals surface area contributed by atoms with Crippen LogP contribution in [0.3, 0.4) is 0 Å². The van der Waals surface area contributed by atoms with E-state index in [4.69, 9.17) is 5.10 Å². The van der Waals surface area contributed by atoms with E-state index in [1.54, 1.807) is 0 Å². The second-order valence-electron chi connectivity index (χ2n) is 7.10. The van der Waals surface area contributed by atoms with E-state index in [2.05, 4.69) is 97.2 Å². The standard InChI is InChI=1S/C24H29N5/c1-19(18-28(3)24-13-9-8-12-23(24)25-2)27-29(4)22-16-14-21(15-17-22)26-20-10-6-5-7-11-20/h5-17,25-26H,18H2,1-4H3/p+1/b27-19+. The molecule has 0 radical (unpaired) electrons. The zero-order chi connectivity index (χ0) is 20.6. The molecule has 0 heterocycles. The summed E-state index contributed by atoms with van der Waals surface area (Å²) < 4.78 is 0. The van der Waals surface area contributed by atoms with Gasteiger partial charge in [-0.1, -0.05) is 30.3 Å². The van der Waals surface area contributed by atoms with E-state index in [-0.39, 0.29) is 0 Å². The Bertz CT molecular complexity index is 935. The van der Waals surface area contributed by atoms with Crippen molar-refractivity contribution in [3.63, 3.8) is 0 Å². The first-order valence-electron chi connectivity index (χ1n) is 9.86. The normalized spacial score (nSPS) is 11.2. The summed E-state index contributed by atoms with van der Waals surface area (Å²) in [4.78, 5) is 2.23. The highest BCUT2D eigenvalue weighted by molar-refractivity contribution is 5.88. The number of hydrogen-bond acceptors (Lipinski definition) is 4. The molecule has 0 atom stereocenters. The summed E-state index contributed by atoms with van der Waals surface area (Å²) in [5.41, 5.74) is 6.68. The van der Waals surface area contributed by atoms with E-state index < -0.39 is 0 Å². The van der Waals surface area contributed by atoms with E-state index in [1.165, 1.54) is 11.4 Å². The average molecular weight is 389 g/mol. The molecule has 0 saturated carbocycles. The Labute approximate surface area is 173 Å². The summed E-state index contributed by atoms with van der Waals surface area (Å²) in [6.45, 7) is 2.83. The van der Waals surface area contributed by atoms with Gasteiger partial charge in [0.25, 0.3) is 0 Å². The number of hydrogen-bond donors (Lipinski definition) is 2. The number of nitrogens with two attached hydrogens (primary N) is 1. The van der Waals surface area contributed by atoms with Gasteiger partial charge in [-0.15, -0.1) is 0 Å². The highest BCUT2D eigenvalue weighted by Crippen LogP contribution is 2.22. The maximum absolute atomic E-state index is 4.76. The van der Waals surface area contributed by atoms with Gasteiger partial charge in [0.2, 0.25) is 0 Å². The molecule has 0 fully saturated rings. The Hall–Kier alpha value is -3.31. The molecule has 3 N–H and O–H groups in total. The summed E-state index contributed by atoms with van der Waals surface area (Å²) in [5, 5.41) is 12.2. The van der Waals surface area contributed by atoms with Crippen LogP contribution >= 0.6 is 0 Å². The molecule has 0 aromatic heterocycles. The smallest absolute Gasteiger partial charge is 0.152 e. The van der Waals surface area contributed by atoms with Crippen molar-refractivity contribution in [2.24, 2.45) is 5.10 Å². The third-order valence-electron chi connectivity index (χ3n) is 4.75. The van der Waals surface area contributed by atoms with Crippen LogP contribution in [0.15, 0.2) is 84.0 Å². The monoisotopic (exact) mass is 388 g/mol. The number of anilines is 4. The minimum absolute atomic E-state index is 0.767. The van der Waals surface area contributed by atoms with Crippen molar-refractivity contribution in [2.45, 2.75) is 6.92 Å². The molecule has 0 saturated heterocycles. The molecule has 0 aliphatic heterocycles. The summed E-state index contributed by atoms with van der Waals surface area (Å²) in [6, 6.07) is 26.9. The Morgan fingerprint density at radius 3 is 2.17 bits per heavy atom. The van der Waals surface area contributed by atoms with E-state index in [0.717, 1.165) is 29.3 Å². The van der Waals surface area contributed by atoms with Gasteiger partial charge in [0, 0.05) is 31.5 Å². The van der Waals surface area contributed by atoms with Gasteiger partial charge in [0.15, 0.2) is 5.69 Å². The second-order valence-corrected chi connectivity index (χ2v) is 7.10. The van der Waals surface area contributed by atoms with Gasteiger partial charge in [0.05, 0.1) is 30.7 Å². The topological polar surface area (TPSA) is 47.5 Å². The minimum atomic E-state index is 0.767. The first-order chi connectivity index (χ1) is 14.1. The molecular weight excluding hydrogens is 358 g/mol. The van der Waals surface area contributed by atoms with Crippen molar-refractivity contribution in [1.82, 2.24) is 0 Å². The predicted molar refractivity (Wildman–Crippen MR) is 125 cm³/mol. The number of quaternary nitrogens is 1. The number of benzene rings is 3. The molecule has 0 unspecified atom stereocenters. The lowest BCUT2D eigenvalue weighted by atomic mass is 10.2. The van der Waals surface area contributed by atoms with Crippen LogP contribution in [0.4, 0.5) is 28.4 Å². The molecule has 5 heteroatoms. The largest absolute Gasteiger partial charge is 0.364 e. The fraction of sp³-hybridized carbons (Fsp3) is 0.208. The predicted octanol–water partition coefficient (Wildman–Crippen LogP) is 4.20. The fourth-order valence-corrected chi connectivity index (χ4v) is 3.30. The van der Waals surface area contributed by atoms with Gasteiger partial charge >= 0.3 is 0 Å². The minimum Gasteiger partial charge on any atom is -0.364 e. The van der Waals surface area contributed by atoms with Crippen molar-refractivity contribution in [2.75, 3.05) is 42.9 Å². The molecule has 0 aliphatic carbocycles. The molecule has 3 aromatic rings. The van der Waals surface area contributed by atoms with Gasteiger partial charge < -0.3 is 15.5 Å². The third-order valence-corrected chi connectivity index (χ3v) is 4.75. The number of nitrogens with zero attached hydrogens (tertiary/aromatic N) is 3. The molecule has 0 aliphatic rings. The Kier molecular flexibility index (Phi) is 6.87. The van der Waals surface area contributed by atoms with Crippen LogP contribution in [-0.4, -0.2) is 33.4 Å². The summed E-state index contributed by atoms with van der Waals surface area (Å²) in [6.07, 6.45) is 0. The highest BCUT2D eigenvalue weighted by Gasteiger charge is 2.10. The van der Waals surface area contributed by atoms with Gasteiger partial charge in [-0.05, 0) is 49.4 Å². The Balaban J connectivity index is 1.63. The number of nitrogens with one attached hydrogen (secondary N) is 1. The van der Waals surface area contributed by atoms with Gasteiger partial charge in [-0.25, -0.2) is 0 Å². The van der Waals surface area contributed by atoms with Gasteiger partial charge in [-0.3, -0.25) is 5.01 Å². The van der Waals surface area contributed by atoms with Gasteiger partial charge in [0.1, 0.15) is 0 Å². The molecule has 150 valence electrons. The van der Waals surface area contributed by atoms with Crippen molar-refractivity contribution in [3.8, 4) is 0 Å². The zero-order valence-electron chi connectivity index (χ0n) is 17.6. The summed E-state index contributed by atoms with van der Waals surface area (Å²) >= 11 is 0. The quantitative estimate of drug-likeness (QED) is 0.345. The van der Waals surface area contributed by atoms with E-state index in [0.29, 0.717) is 0 Å². The maximum atomic E-state index is 4.76. The molecule has 0 amide bonds. The first kappa shape index (κ1) is 20.4. The highest BCUT2D eigenvalue weighted by atomic mass is 15.4. The van der Waals surface area contributed by atoms with Crippen molar-refractivity contribution in [3.05, 3.63) is 78.9 Å². The zero-order valence-corrected chi connectivity index (χ0v) is 17.6.